The van der Waals surface area contributed by atoms with Gasteiger partial charge in [-0.3, -0.25) is 19.5 Å². The van der Waals surface area contributed by atoms with E-state index >= 15 is 0 Å². The van der Waals surface area contributed by atoms with E-state index < -0.39 is 0 Å². The maximum atomic E-state index is 12.7. The van der Waals surface area contributed by atoms with Gasteiger partial charge in [0.2, 0.25) is 11.8 Å². The Bertz CT molecular complexity index is 1410. The largest absolute Gasteiger partial charge is 0.366 e. The number of nitrogens with zero attached hydrogens (tertiary/aromatic N) is 6. The van der Waals surface area contributed by atoms with Gasteiger partial charge in [0, 0.05) is 62.5 Å². The van der Waals surface area contributed by atoms with Crippen molar-refractivity contribution in [2.75, 3.05) is 50.7 Å². The van der Waals surface area contributed by atoms with Crippen molar-refractivity contribution in [2.24, 2.45) is 0 Å². The molecule has 2 aliphatic rings. The fourth-order valence-electron chi connectivity index (χ4n) is 4.96. The van der Waals surface area contributed by atoms with Crippen molar-refractivity contribution in [3.05, 3.63) is 71.7 Å². The van der Waals surface area contributed by atoms with Crippen molar-refractivity contribution < 1.29 is 14.1 Å². The molecule has 10 nitrogen and oxygen atoms in total. The number of aryl methyl sites for hydroxylation is 1. The molecule has 2 aromatic heterocycles. The lowest BCUT2D eigenvalue weighted by Crippen LogP contribution is -2.48. The number of amides is 2. The Morgan fingerprint density at radius 2 is 1.85 bits per heavy atom. The maximum absolute atomic E-state index is 12.7. The molecule has 0 saturated carbocycles. The minimum absolute atomic E-state index is 0.0371. The molecule has 2 saturated heterocycles. The molecule has 3 aromatic rings. The van der Waals surface area contributed by atoms with Crippen LogP contribution in [0.2, 0.25) is 0 Å². The summed E-state index contributed by atoms with van der Waals surface area (Å²) in [5.41, 5.74) is 4.98. The SMILES string of the molecule is Cc1cc(-c2ccncc2N2CCN(C(=O)C=CCN3CCC3)CC2)ccc1CNC(=O)c1noc(C(C)(C)C)n1. The number of benzene rings is 1. The van der Waals surface area contributed by atoms with Crippen LogP contribution in [0.25, 0.3) is 11.1 Å². The summed E-state index contributed by atoms with van der Waals surface area (Å²) in [6, 6.07) is 8.27. The number of anilines is 1. The standard InChI is InChI=1S/C31H39N7O3/c1-22-19-23(8-9-24(22)20-33-29(40)28-34-30(41-35-28)31(2,3)4)25-10-11-32-21-26(25)37-15-17-38(18-16-37)27(39)7-5-12-36-13-6-14-36/h5,7-11,19,21H,6,12-18,20H2,1-4H3,(H,33,40). The minimum atomic E-state index is -0.367. The Hall–Kier alpha value is -4.05. The molecule has 1 N–H and O–H groups in total. The zero-order valence-corrected chi connectivity index (χ0v) is 24.4. The number of aromatic nitrogens is 3. The fraction of sp³-hybridized carbons (Fsp3) is 0.452. The number of hydrogen-bond acceptors (Lipinski definition) is 8. The first-order valence-corrected chi connectivity index (χ1v) is 14.3. The van der Waals surface area contributed by atoms with Crippen LogP contribution in [0, 0.1) is 6.92 Å². The summed E-state index contributed by atoms with van der Waals surface area (Å²) in [7, 11) is 0. The summed E-state index contributed by atoms with van der Waals surface area (Å²) in [6.45, 7) is 14.2. The van der Waals surface area contributed by atoms with Gasteiger partial charge in [0.15, 0.2) is 0 Å². The van der Waals surface area contributed by atoms with Crippen molar-refractivity contribution in [3.63, 3.8) is 0 Å². The second kappa shape index (κ2) is 12.2. The Morgan fingerprint density at radius 3 is 2.51 bits per heavy atom. The molecule has 2 amide bonds. The molecule has 0 unspecified atom stereocenters. The zero-order valence-electron chi connectivity index (χ0n) is 24.4. The topological polar surface area (TPSA) is 108 Å². The molecular formula is C31H39N7O3. The van der Waals surface area contributed by atoms with E-state index in [9.17, 15) is 9.59 Å². The van der Waals surface area contributed by atoms with Crippen LogP contribution in [-0.4, -0.2) is 82.6 Å². The van der Waals surface area contributed by atoms with E-state index in [1.165, 1.54) is 6.42 Å². The van der Waals surface area contributed by atoms with Gasteiger partial charge in [-0.2, -0.15) is 4.98 Å². The van der Waals surface area contributed by atoms with Crippen LogP contribution in [-0.2, 0) is 16.8 Å². The van der Waals surface area contributed by atoms with E-state index in [1.807, 2.05) is 63.2 Å². The monoisotopic (exact) mass is 557 g/mol. The molecule has 5 rings (SSSR count). The van der Waals surface area contributed by atoms with Gasteiger partial charge in [0.1, 0.15) is 0 Å². The van der Waals surface area contributed by atoms with Gasteiger partial charge in [-0.15, -0.1) is 0 Å². The molecule has 0 aliphatic carbocycles. The molecule has 0 spiro atoms. The highest BCUT2D eigenvalue weighted by molar-refractivity contribution is 5.90. The van der Waals surface area contributed by atoms with Crippen LogP contribution in [0.15, 0.2) is 53.3 Å². The van der Waals surface area contributed by atoms with E-state index in [2.05, 4.69) is 42.4 Å². The number of nitrogens with one attached hydrogen (secondary N) is 1. The Morgan fingerprint density at radius 1 is 1.07 bits per heavy atom. The summed E-state index contributed by atoms with van der Waals surface area (Å²) in [5.74, 6) is 0.186. The van der Waals surface area contributed by atoms with Gasteiger partial charge in [0.25, 0.3) is 11.7 Å². The molecule has 4 heterocycles. The van der Waals surface area contributed by atoms with Crippen LogP contribution in [0.5, 0.6) is 0 Å². The normalized spacial score (nSPS) is 16.2. The summed E-state index contributed by atoms with van der Waals surface area (Å²) >= 11 is 0. The van der Waals surface area contributed by atoms with E-state index in [0.717, 1.165) is 60.7 Å². The van der Waals surface area contributed by atoms with Crippen LogP contribution >= 0.6 is 0 Å². The van der Waals surface area contributed by atoms with E-state index in [1.54, 1.807) is 6.08 Å². The molecular weight excluding hydrogens is 518 g/mol. The van der Waals surface area contributed by atoms with Crippen molar-refractivity contribution in [1.82, 2.24) is 30.2 Å². The molecule has 2 fully saturated rings. The van der Waals surface area contributed by atoms with Gasteiger partial charge >= 0.3 is 0 Å². The third-order valence-electron chi connectivity index (χ3n) is 7.67. The number of piperazine rings is 1. The minimum Gasteiger partial charge on any atom is -0.366 e. The Kier molecular flexibility index (Phi) is 8.49. The number of likely N-dealkylation sites (tertiary alicyclic amines) is 1. The number of pyridine rings is 1. The molecule has 1 aromatic carbocycles. The van der Waals surface area contributed by atoms with Gasteiger partial charge in [-0.25, -0.2) is 0 Å². The van der Waals surface area contributed by atoms with Crippen molar-refractivity contribution in [2.45, 2.75) is 46.1 Å². The second-order valence-electron chi connectivity index (χ2n) is 11.8. The molecule has 216 valence electrons. The first kappa shape index (κ1) is 28.5. The predicted octanol–water partition coefficient (Wildman–Crippen LogP) is 3.58. The average Bonchev–Trinajstić information content (AvgIpc) is 3.45. The predicted molar refractivity (Wildman–Crippen MR) is 158 cm³/mol. The summed E-state index contributed by atoms with van der Waals surface area (Å²) in [4.78, 5) is 40.4. The number of carbonyl (C=O) groups is 2. The number of rotatable bonds is 8. The van der Waals surface area contributed by atoms with Gasteiger partial charge in [-0.05, 0) is 49.2 Å². The third-order valence-corrected chi connectivity index (χ3v) is 7.67. The number of hydrogen-bond donors (Lipinski definition) is 1. The van der Waals surface area contributed by atoms with Gasteiger partial charge < -0.3 is 19.6 Å². The lowest BCUT2D eigenvalue weighted by Gasteiger charge is -2.36. The maximum Gasteiger partial charge on any atom is 0.292 e. The van der Waals surface area contributed by atoms with Crippen molar-refractivity contribution >= 4 is 17.5 Å². The van der Waals surface area contributed by atoms with E-state index in [-0.39, 0.29) is 23.1 Å². The average molecular weight is 558 g/mol. The Balaban J connectivity index is 1.20. The second-order valence-corrected chi connectivity index (χ2v) is 11.8. The smallest absolute Gasteiger partial charge is 0.292 e. The van der Waals surface area contributed by atoms with E-state index in [4.69, 9.17) is 4.52 Å². The van der Waals surface area contributed by atoms with Crippen molar-refractivity contribution in [3.8, 4) is 11.1 Å². The van der Waals surface area contributed by atoms with Crippen LogP contribution in [0.4, 0.5) is 5.69 Å². The van der Waals surface area contributed by atoms with Gasteiger partial charge in [0.05, 0.1) is 11.9 Å². The molecule has 0 bridgehead atoms. The van der Waals surface area contributed by atoms with Crippen LogP contribution in [0.1, 0.15) is 54.8 Å². The lowest BCUT2D eigenvalue weighted by atomic mass is 9.97. The highest BCUT2D eigenvalue weighted by atomic mass is 16.5. The van der Waals surface area contributed by atoms with Gasteiger partial charge in [-0.1, -0.05) is 50.2 Å². The number of carbonyl (C=O) groups excluding carboxylic acids is 2. The highest BCUT2D eigenvalue weighted by Crippen LogP contribution is 2.32. The molecule has 0 radical (unpaired) electrons. The molecule has 2 aliphatic heterocycles. The molecule has 0 atom stereocenters. The highest BCUT2D eigenvalue weighted by Gasteiger charge is 2.25. The van der Waals surface area contributed by atoms with Crippen LogP contribution < -0.4 is 10.2 Å². The zero-order chi connectivity index (χ0) is 29.0. The fourth-order valence-corrected chi connectivity index (χ4v) is 4.96. The van der Waals surface area contributed by atoms with Crippen LogP contribution in [0.3, 0.4) is 0 Å². The summed E-state index contributed by atoms with van der Waals surface area (Å²) in [6.07, 6.45) is 8.67. The first-order valence-electron chi connectivity index (χ1n) is 14.3. The quantitative estimate of drug-likeness (QED) is 0.419. The summed E-state index contributed by atoms with van der Waals surface area (Å²) in [5, 5.41) is 6.73. The lowest BCUT2D eigenvalue weighted by molar-refractivity contribution is -0.126. The summed E-state index contributed by atoms with van der Waals surface area (Å²) < 4.78 is 5.24. The Labute approximate surface area is 241 Å². The van der Waals surface area contributed by atoms with E-state index in [0.29, 0.717) is 25.5 Å². The molecule has 41 heavy (non-hydrogen) atoms. The van der Waals surface area contributed by atoms with Crippen molar-refractivity contribution in [1.29, 1.82) is 0 Å². The third kappa shape index (κ3) is 6.82. The molecule has 10 heteroatoms. The first-order chi connectivity index (χ1) is 19.7.